The van der Waals surface area contributed by atoms with Gasteiger partial charge in [-0.05, 0) is 57.2 Å². The maximum Gasteiger partial charge on any atom is 0.222 e. The van der Waals surface area contributed by atoms with Crippen molar-refractivity contribution in [1.29, 1.82) is 0 Å². The summed E-state index contributed by atoms with van der Waals surface area (Å²) in [5, 5.41) is 2.94. The maximum atomic E-state index is 12.2. The van der Waals surface area contributed by atoms with Crippen LogP contribution in [0.25, 0.3) is 0 Å². The summed E-state index contributed by atoms with van der Waals surface area (Å²) in [5.74, 6) is 1.04. The second-order valence-electron chi connectivity index (χ2n) is 7.14. The quantitative estimate of drug-likeness (QED) is 0.567. The highest BCUT2D eigenvalue weighted by Gasteiger charge is 2.12. The Hall–Kier alpha value is -2.04. The third-order valence-electron chi connectivity index (χ3n) is 4.17. The van der Waals surface area contributed by atoms with Crippen molar-refractivity contribution in [3.8, 4) is 5.75 Å². The number of nitrogens with one attached hydrogen (secondary N) is 1. The average molecular weight is 377 g/mol. The molecule has 0 aromatic heterocycles. The Balaban J connectivity index is 2.22. The van der Waals surface area contributed by atoms with Gasteiger partial charge >= 0.3 is 0 Å². The number of carbonyl (C=O) groups excluding carboxylic acids is 2. The molecular weight excluding hydrogens is 340 g/mol. The summed E-state index contributed by atoms with van der Waals surface area (Å²) < 4.78 is 5.62. The Labute approximate surface area is 164 Å². The monoisotopic (exact) mass is 376 g/mol. The van der Waals surface area contributed by atoms with Crippen molar-refractivity contribution in [1.82, 2.24) is 10.2 Å². The molecule has 0 bridgehead atoms. The molecule has 1 N–H and O–H groups in total. The first-order valence-corrected chi connectivity index (χ1v) is 10.3. The average Bonchev–Trinajstić information content (AvgIpc) is 2.62. The van der Waals surface area contributed by atoms with Crippen molar-refractivity contribution in [3.05, 3.63) is 29.8 Å². The minimum atomic E-state index is 0.0140. The van der Waals surface area contributed by atoms with Crippen molar-refractivity contribution in [2.75, 3.05) is 19.6 Å². The smallest absolute Gasteiger partial charge is 0.222 e. The van der Waals surface area contributed by atoms with Crippen molar-refractivity contribution in [3.63, 3.8) is 0 Å². The zero-order chi connectivity index (χ0) is 20.1. The van der Waals surface area contributed by atoms with Crippen molar-refractivity contribution < 1.29 is 14.3 Å². The summed E-state index contributed by atoms with van der Waals surface area (Å²) in [6.45, 7) is 10.4. The van der Waals surface area contributed by atoms with Gasteiger partial charge in [0.2, 0.25) is 11.8 Å². The van der Waals surface area contributed by atoms with Crippen LogP contribution in [0.5, 0.6) is 5.75 Å². The molecule has 1 rings (SSSR count). The standard InChI is InChI=1S/C22H36N2O3/c1-5-16-24(17-6-2)22(26)9-7-8-21(25)23-15-14-19-10-12-20(13-11-19)27-18(3)4/h10-13,18H,5-9,14-17H2,1-4H3,(H,23,25). The minimum absolute atomic E-state index is 0.0140. The van der Waals surface area contributed by atoms with E-state index in [4.69, 9.17) is 4.74 Å². The second kappa shape index (κ2) is 13.2. The molecule has 0 saturated heterocycles. The number of carbonyl (C=O) groups is 2. The summed E-state index contributed by atoms with van der Waals surface area (Å²) in [5.41, 5.74) is 1.16. The molecule has 0 heterocycles. The number of hydrogen-bond acceptors (Lipinski definition) is 3. The summed E-state index contributed by atoms with van der Waals surface area (Å²) >= 11 is 0. The number of amides is 2. The summed E-state index contributed by atoms with van der Waals surface area (Å²) in [6.07, 6.45) is 4.35. The fraction of sp³-hybridized carbons (Fsp3) is 0.636. The van der Waals surface area contributed by atoms with Crippen molar-refractivity contribution in [2.45, 2.75) is 72.3 Å². The summed E-state index contributed by atoms with van der Waals surface area (Å²) in [6, 6.07) is 7.97. The van der Waals surface area contributed by atoms with Crippen LogP contribution in [0.15, 0.2) is 24.3 Å². The normalized spacial score (nSPS) is 10.7. The Kier molecular flexibility index (Phi) is 11.2. The zero-order valence-electron chi connectivity index (χ0n) is 17.4. The van der Waals surface area contributed by atoms with Gasteiger partial charge in [0.25, 0.3) is 0 Å². The number of benzene rings is 1. The van der Waals surface area contributed by atoms with E-state index in [0.717, 1.165) is 43.7 Å². The van der Waals surface area contributed by atoms with Gasteiger partial charge in [0, 0.05) is 32.5 Å². The lowest BCUT2D eigenvalue weighted by molar-refractivity contribution is -0.131. The lowest BCUT2D eigenvalue weighted by atomic mass is 10.1. The molecule has 5 heteroatoms. The molecule has 5 nitrogen and oxygen atoms in total. The molecule has 0 unspecified atom stereocenters. The van der Waals surface area contributed by atoms with E-state index >= 15 is 0 Å². The van der Waals surface area contributed by atoms with Crippen LogP contribution in [-0.4, -0.2) is 42.5 Å². The second-order valence-corrected chi connectivity index (χ2v) is 7.14. The molecule has 0 fully saturated rings. The van der Waals surface area contributed by atoms with Crippen molar-refractivity contribution in [2.24, 2.45) is 0 Å². The van der Waals surface area contributed by atoms with Crippen LogP contribution in [0.1, 0.15) is 65.4 Å². The lowest BCUT2D eigenvalue weighted by Crippen LogP contribution is -2.32. The van der Waals surface area contributed by atoms with E-state index in [-0.39, 0.29) is 17.9 Å². The van der Waals surface area contributed by atoms with Gasteiger partial charge in [-0.2, -0.15) is 0 Å². The SMILES string of the molecule is CCCN(CCC)C(=O)CCCC(=O)NCCc1ccc(OC(C)C)cc1. The third-order valence-corrected chi connectivity index (χ3v) is 4.17. The van der Waals surface area contributed by atoms with Crippen LogP contribution in [0.4, 0.5) is 0 Å². The minimum Gasteiger partial charge on any atom is -0.491 e. The molecular formula is C22H36N2O3. The molecule has 1 aromatic carbocycles. The van der Waals surface area contributed by atoms with E-state index in [2.05, 4.69) is 19.2 Å². The number of hydrogen-bond donors (Lipinski definition) is 1. The van der Waals surface area contributed by atoms with E-state index in [0.29, 0.717) is 25.8 Å². The van der Waals surface area contributed by atoms with Gasteiger partial charge in [0.05, 0.1) is 6.10 Å². The molecule has 0 spiro atoms. The molecule has 2 amide bonds. The van der Waals surface area contributed by atoms with Crippen LogP contribution >= 0.6 is 0 Å². The number of ether oxygens (including phenoxy) is 1. The van der Waals surface area contributed by atoms with E-state index in [1.54, 1.807) is 0 Å². The topological polar surface area (TPSA) is 58.6 Å². The van der Waals surface area contributed by atoms with Crippen LogP contribution in [0.2, 0.25) is 0 Å². The van der Waals surface area contributed by atoms with Crippen molar-refractivity contribution >= 4 is 11.8 Å². The fourth-order valence-electron chi connectivity index (χ4n) is 2.90. The van der Waals surface area contributed by atoms with Gasteiger partial charge in [-0.15, -0.1) is 0 Å². The molecule has 0 aliphatic carbocycles. The molecule has 152 valence electrons. The first kappa shape index (κ1) is 23.0. The summed E-state index contributed by atoms with van der Waals surface area (Å²) in [7, 11) is 0. The molecule has 1 aromatic rings. The van der Waals surface area contributed by atoms with E-state index in [9.17, 15) is 9.59 Å². The fourth-order valence-corrected chi connectivity index (χ4v) is 2.90. The van der Waals surface area contributed by atoms with Gasteiger partial charge in [-0.1, -0.05) is 26.0 Å². The van der Waals surface area contributed by atoms with Gasteiger partial charge in [-0.3, -0.25) is 9.59 Å². The van der Waals surface area contributed by atoms with Gasteiger partial charge in [0.15, 0.2) is 0 Å². The molecule has 0 aliphatic rings. The van der Waals surface area contributed by atoms with Crippen LogP contribution < -0.4 is 10.1 Å². The molecule has 0 aliphatic heterocycles. The first-order chi connectivity index (χ1) is 13.0. The highest BCUT2D eigenvalue weighted by Crippen LogP contribution is 2.14. The van der Waals surface area contributed by atoms with Crippen LogP contribution in [-0.2, 0) is 16.0 Å². The van der Waals surface area contributed by atoms with Gasteiger partial charge in [-0.25, -0.2) is 0 Å². The highest BCUT2D eigenvalue weighted by atomic mass is 16.5. The van der Waals surface area contributed by atoms with Crippen LogP contribution in [0, 0.1) is 0 Å². The first-order valence-electron chi connectivity index (χ1n) is 10.3. The Bertz CT molecular complexity index is 549. The molecule has 0 saturated carbocycles. The van der Waals surface area contributed by atoms with E-state index in [1.165, 1.54) is 0 Å². The largest absolute Gasteiger partial charge is 0.491 e. The Morgan fingerprint density at radius 2 is 1.67 bits per heavy atom. The van der Waals surface area contributed by atoms with Gasteiger partial charge < -0.3 is 15.0 Å². The van der Waals surface area contributed by atoms with Gasteiger partial charge in [0.1, 0.15) is 5.75 Å². The predicted octanol–water partition coefficient (Wildman–Crippen LogP) is 3.95. The number of rotatable bonds is 13. The number of nitrogens with zero attached hydrogens (tertiary/aromatic N) is 1. The van der Waals surface area contributed by atoms with Crippen LogP contribution in [0.3, 0.4) is 0 Å². The Morgan fingerprint density at radius 1 is 1.04 bits per heavy atom. The molecule has 27 heavy (non-hydrogen) atoms. The molecule has 0 atom stereocenters. The lowest BCUT2D eigenvalue weighted by Gasteiger charge is -2.21. The van der Waals surface area contributed by atoms with E-state index in [1.807, 2.05) is 43.0 Å². The van der Waals surface area contributed by atoms with E-state index < -0.39 is 0 Å². The maximum absolute atomic E-state index is 12.2. The summed E-state index contributed by atoms with van der Waals surface area (Å²) in [4.78, 5) is 26.0. The Morgan fingerprint density at radius 3 is 2.22 bits per heavy atom. The zero-order valence-corrected chi connectivity index (χ0v) is 17.4. The highest BCUT2D eigenvalue weighted by molar-refractivity contribution is 5.78. The predicted molar refractivity (Wildman–Crippen MR) is 110 cm³/mol. The third kappa shape index (κ3) is 10.0. The molecule has 0 radical (unpaired) electrons.